The molecule has 2 aromatic carbocycles. The quantitative estimate of drug-likeness (QED) is 0.724. The van der Waals surface area contributed by atoms with Crippen LogP contribution in [0.15, 0.2) is 48.5 Å². The van der Waals surface area contributed by atoms with Crippen molar-refractivity contribution in [3.8, 4) is 0 Å². The molecular weight excluding hydrogens is 428 g/mol. The van der Waals surface area contributed by atoms with Crippen molar-refractivity contribution in [2.24, 2.45) is 0 Å². The number of nitrogens with one attached hydrogen (secondary N) is 1. The third-order valence-electron chi connectivity index (χ3n) is 5.27. The van der Waals surface area contributed by atoms with Gasteiger partial charge in [-0.1, -0.05) is 24.3 Å². The predicted octanol–water partition coefficient (Wildman–Crippen LogP) is 1.64. The van der Waals surface area contributed by atoms with Gasteiger partial charge in [0.05, 0.1) is 12.8 Å². The van der Waals surface area contributed by atoms with Gasteiger partial charge in [0.1, 0.15) is 17.2 Å². The third-order valence-corrected chi connectivity index (χ3v) is 6.47. The normalized spacial score (nSPS) is 20.0. The molecule has 1 atom stereocenters. The number of rotatable bonds is 6. The number of carbonyl (C=O) groups is 2. The predicted molar refractivity (Wildman–Crippen MR) is 110 cm³/mol. The molecule has 1 saturated heterocycles. The van der Waals surface area contributed by atoms with E-state index in [4.69, 9.17) is 0 Å². The Hall–Kier alpha value is -2.85. The summed E-state index contributed by atoms with van der Waals surface area (Å²) in [5.41, 5.74) is -0.266. The summed E-state index contributed by atoms with van der Waals surface area (Å²) in [6.07, 6.45) is 0.979. The lowest BCUT2D eigenvalue weighted by Crippen LogP contribution is -2.69. The number of halogens is 2. The molecule has 2 amide bonds. The molecule has 1 heterocycles. The van der Waals surface area contributed by atoms with Crippen molar-refractivity contribution in [3.05, 3.63) is 71.3 Å². The topological polar surface area (TPSA) is 86.8 Å². The lowest BCUT2D eigenvalue weighted by atomic mass is 9.94. The van der Waals surface area contributed by atoms with E-state index in [1.807, 2.05) is 0 Å². The summed E-state index contributed by atoms with van der Waals surface area (Å²) in [5.74, 6) is -1.94. The van der Waals surface area contributed by atoms with E-state index in [0.717, 1.165) is 10.6 Å². The summed E-state index contributed by atoms with van der Waals surface area (Å²) < 4.78 is 51.5. The van der Waals surface area contributed by atoms with Gasteiger partial charge in [-0.05, 0) is 42.3 Å². The van der Waals surface area contributed by atoms with Crippen molar-refractivity contribution in [2.75, 3.05) is 19.3 Å². The van der Waals surface area contributed by atoms with Crippen LogP contribution in [-0.4, -0.2) is 54.3 Å². The zero-order valence-electron chi connectivity index (χ0n) is 17.1. The lowest BCUT2D eigenvalue weighted by molar-refractivity contribution is -0.153. The molecule has 1 fully saturated rings. The number of piperazine rings is 1. The molecule has 1 aliphatic rings. The van der Waals surface area contributed by atoms with Gasteiger partial charge < -0.3 is 10.2 Å². The fourth-order valence-corrected chi connectivity index (χ4v) is 4.27. The Balaban J connectivity index is 1.87. The first-order valence-electron chi connectivity index (χ1n) is 9.52. The molecule has 1 N–H and O–H groups in total. The fourth-order valence-electron chi connectivity index (χ4n) is 3.44. The smallest absolute Gasteiger partial charge is 0.247 e. The number of amides is 2. The first-order chi connectivity index (χ1) is 14.5. The second kappa shape index (κ2) is 8.72. The van der Waals surface area contributed by atoms with Crippen LogP contribution in [0.5, 0.6) is 0 Å². The molecular formula is C21H23F2N3O4S. The van der Waals surface area contributed by atoms with Gasteiger partial charge in [0.15, 0.2) is 0 Å². The number of sulfonamides is 1. The molecule has 10 heteroatoms. The first-order valence-corrected chi connectivity index (χ1v) is 11.4. The SMILES string of the molecule is CC1(C(=O)NCc2ccc(F)cc2)CN(S(C)(=O)=O)CC(=O)N1Cc1ccc(F)cc1. The highest BCUT2D eigenvalue weighted by atomic mass is 32.2. The maximum Gasteiger partial charge on any atom is 0.247 e. The summed E-state index contributed by atoms with van der Waals surface area (Å²) >= 11 is 0. The van der Waals surface area contributed by atoms with Crippen LogP contribution < -0.4 is 5.32 Å². The van der Waals surface area contributed by atoms with Crippen LogP contribution in [0.25, 0.3) is 0 Å². The van der Waals surface area contributed by atoms with Crippen LogP contribution in [-0.2, 0) is 32.7 Å². The second-order valence-electron chi connectivity index (χ2n) is 7.72. The van der Waals surface area contributed by atoms with Crippen LogP contribution in [0.1, 0.15) is 18.1 Å². The molecule has 1 aliphatic heterocycles. The number of hydrogen-bond donors (Lipinski definition) is 1. The van der Waals surface area contributed by atoms with E-state index in [2.05, 4.69) is 5.32 Å². The average molecular weight is 451 g/mol. The van der Waals surface area contributed by atoms with Crippen molar-refractivity contribution < 1.29 is 26.8 Å². The maximum atomic E-state index is 13.2. The van der Waals surface area contributed by atoms with E-state index in [0.29, 0.717) is 11.1 Å². The molecule has 0 aliphatic carbocycles. The van der Waals surface area contributed by atoms with Gasteiger partial charge in [-0.3, -0.25) is 9.59 Å². The Bertz CT molecular complexity index is 1070. The highest BCUT2D eigenvalue weighted by Crippen LogP contribution is 2.27. The Morgan fingerprint density at radius 1 is 1.03 bits per heavy atom. The molecule has 0 aromatic heterocycles. The number of benzene rings is 2. The molecule has 0 bridgehead atoms. The summed E-state index contributed by atoms with van der Waals surface area (Å²) in [4.78, 5) is 27.4. The highest BCUT2D eigenvalue weighted by molar-refractivity contribution is 7.88. The molecule has 166 valence electrons. The van der Waals surface area contributed by atoms with E-state index in [-0.39, 0.29) is 26.2 Å². The highest BCUT2D eigenvalue weighted by Gasteiger charge is 2.49. The van der Waals surface area contributed by atoms with E-state index >= 15 is 0 Å². The summed E-state index contributed by atoms with van der Waals surface area (Å²) in [6, 6.07) is 11.1. The number of nitrogens with zero attached hydrogens (tertiary/aromatic N) is 2. The van der Waals surface area contributed by atoms with Crippen LogP contribution in [0.3, 0.4) is 0 Å². The van der Waals surface area contributed by atoms with E-state index in [9.17, 15) is 26.8 Å². The maximum absolute atomic E-state index is 13.2. The van der Waals surface area contributed by atoms with Gasteiger partial charge in [0.2, 0.25) is 21.8 Å². The van der Waals surface area contributed by atoms with Crippen LogP contribution >= 0.6 is 0 Å². The van der Waals surface area contributed by atoms with Crippen LogP contribution in [0.4, 0.5) is 8.78 Å². The second-order valence-corrected chi connectivity index (χ2v) is 9.70. The van der Waals surface area contributed by atoms with Gasteiger partial charge >= 0.3 is 0 Å². The van der Waals surface area contributed by atoms with Crippen LogP contribution in [0, 0.1) is 11.6 Å². The molecule has 31 heavy (non-hydrogen) atoms. The molecule has 0 spiro atoms. The zero-order chi connectivity index (χ0) is 22.8. The van der Waals surface area contributed by atoms with Crippen molar-refractivity contribution in [2.45, 2.75) is 25.6 Å². The number of hydrogen-bond acceptors (Lipinski definition) is 4. The molecule has 2 aromatic rings. The van der Waals surface area contributed by atoms with Crippen molar-refractivity contribution in [1.82, 2.24) is 14.5 Å². The summed E-state index contributed by atoms with van der Waals surface area (Å²) in [6.45, 7) is 0.962. The minimum Gasteiger partial charge on any atom is -0.350 e. The van der Waals surface area contributed by atoms with Gasteiger partial charge in [0, 0.05) is 19.6 Å². The Labute approximate surface area is 179 Å². The van der Waals surface area contributed by atoms with Crippen molar-refractivity contribution in [1.29, 1.82) is 0 Å². The van der Waals surface area contributed by atoms with Gasteiger partial charge in [-0.25, -0.2) is 17.2 Å². The standard InChI is InChI=1S/C21H23F2N3O4S/c1-21(20(28)24-11-15-3-7-17(22)8-4-15)14-25(31(2,29)30)13-19(27)26(21)12-16-5-9-18(23)10-6-16/h3-10H,11-14H2,1-2H3,(H,24,28). The van der Waals surface area contributed by atoms with E-state index in [1.165, 1.54) is 60.4 Å². The van der Waals surface area contributed by atoms with Crippen molar-refractivity contribution >= 4 is 21.8 Å². The van der Waals surface area contributed by atoms with Gasteiger partial charge in [-0.2, -0.15) is 4.31 Å². The third kappa shape index (κ3) is 5.26. The summed E-state index contributed by atoms with van der Waals surface area (Å²) in [7, 11) is -3.72. The Kier molecular flexibility index (Phi) is 6.42. The Morgan fingerprint density at radius 2 is 1.55 bits per heavy atom. The minimum absolute atomic E-state index is 0.0111. The van der Waals surface area contributed by atoms with Gasteiger partial charge in [0.25, 0.3) is 0 Å². The van der Waals surface area contributed by atoms with Gasteiger partial charge in [-0.15, -0.1) is 0 Å². The average Bonchev–Trinajstić information content (AvgIpc) is 2.70. The minimum atomic E-state index is -3.72. The molecule has 7 nitrogen and oxygen atoms in total. The van der Waals surface area contributed by atoms with E-state index < -0.39 is 39.0 Å². The lowest BCUT2D eigenvalue weighted by Gasteiger charge is -2.46. The largest absolute Gasteiger partial charge is 0.350 e. The fraction of sp³-hybridized carbons (Fsp3) is 0.333. The molecule has 0 radical (unpaired) electrons. The monoisotopic (exact) mass is 451 g/mol. The number of carbonyl (C=O) groups excluding carboxylic acids is 2. The van der Waals surface area contributed by atoms with E-state index in [1.54, 1.807) is 0 Å². The molecule has 1 unspecified atom stereocenters. The van der Waals surface area contributed by atoms with Crippen molar-refractivity contribution in [3.63, 3.8) is 0 Å². The molecule has 0 saturated carbocycles. The first kappa shape index (κ1) is 22.8. The Morgan fingerprint density at radius 3 is 2.06 bits per heavy atom. The van der Waals surface area contributed by atoms with Crippen LogP contribution in [0.2, 0.25) is 0 Å². The summed E-state index contributed by atoms with van der Waals surface area (Å²) in [5, 5.41) is 2.71. The molecule has 3 rings (SSSR count). The zero-order valence-corrected chi connectivity index (χ0v) is 18.0.